The molecule has 6 atom stereocenters. The summed E-state index contributed by atoms with van der Waals surface area (Å²) < 4.78 is 68.5. The topological polar surface area (TPSA) is 237 Å². The molecule has 576 valence electrons. The maximum atomic E-state index is 13.1. The van der Waals surface area contributed by atoms with E-state index >= 15 is 0 Å². The lowest BCUT2D eigenvalue weighted by molar-refractivity contribution is -0.161. The van der Waals surface area contributed by atoms with Gasteiger partial charge < -0.3 is 33.8 Å². The zero-order valence-corrected chi connectivity index (χ0v) is 65.5. The Morgan fingerprint density at radius 1 is 0.289 bits per heavy atom. The molecule has 4 unspecified atom stereocenters. The van der Waals surface area contributed by atoms with E-state index in [-0.39, 0.29) is 25.7 Å². The van der Waals surface area contributed by atoms with Gasteiger partial charge in [-0.05, 0) is 49.4 Å². The van der Waals surface area contributed by atoms with Crippen LogP contribution in [-0.4, -0.2) is 96.7 Å². The molecule has 0 aromatic heterocycles. The van der Waals surface area contributed by atoms with Crippen LogP contribution in [0.1, 0.15) is 396 Å². The summed E-state index contributed by atoms with van der Waals surface area (Å²) in [5, 5.41) is 10.6. The number of phosphoric acid groups is 2. The van der Waals surface area contributed by atoms with Gasteiger partial charge in [0.15, 0.2) is 12.2 Å². The van der Waals surface area contributed by atoms with Gasteiger partial charge in [-0.3, -0.25) is 37.3 Å². The molecule has 19 heteroatoms. The molecule has 0 bridgehead atoms. The third kappa shape index (κ3) is 70.9. The lowest BCUT2D eigenvalue weighted by Gasteiger charge is -2.21. The van der Waals surface area contributed by atoms with Crippen LogP contribution in [0.3, 0.4) is 0 Å². The number of hydrogen-bond acceptors (Lipinski definition) is 15. The van der Waals surface area contributed by atoms with E-state index < -0.39 is 97.5 Å². The Balaban J connectivity index is 5.18. The van der Waals surface area contributed by atoms with Crippen LogP contribution in [-0.2, 0) is 65.4 Å². The van der Waals surface area contributed by atoms with Crippen LogP contribution in [0.4, 0.5) is 0 Å². The van der Waals surface area contributed by atoms with Crippen LogP contribution in [0.25, 0.3) is 0 Å². The van der Waals surface area contributed by atoms with E-state index in [2.05, 4.69) is 55.4 Å². The number of ether oxygens (including phenoxy) is 4. The molecule has 0 saturated carbocycles. The van der Waals surface area contributed by atoms with Gasteiger partial charge in [-0.15, -0.1) is 0 Å². The maximum absolute atomic E-state index is 13.1. The number of aliphatic hydroxyl groups excluding tert-OH is 1. The Labute approximate surface area is 594 Å². The summed E-state index contributed by atoms with van der Waals surface area (Å²) in [4.78, 5) is 72.8. The van der Waals surface area contributed by atoms with Gasteiger partial charge in [0.05, 0.1) is 26.4 Å². The van der Waals surface area contributed by atoms with Crippen molar-refractivity contribution < 1.29 is 80.2 Å². The van der Waals surface area contributed by atoms with Crippen molar-refractivity contribution in [2.24, 2.45) is 23.7 Å². The first-order valence-corrected chi connectivity index (χ1v) is 43.2. The summed E-state index contributed by atoms with van der Waals surface area (Å²) in [6.45, 7) is 14.2. The first kappa shape index (κ1) is 95.1. The van der Waals surface area contributed by atoms with Gasteiger partial charge in [0, 0.05) is 25.7 Å². The third-order valence-corrected chi connectivity index (χ3v) is 20.3. The zero-order valence-electron chi connectivity index (χ0n) is 63.7. The number of carbonyl (C=O) groups is 4. The highest BCUT2D eigenvalue weighted by Gasteiger charge is 2.30. The predicted molar refractivity (Wildman–Crippen MR) is 395 cm³/mol. The largest absolute Gasteiger partial charge is 0.472 e. The van der Waals surface area contributed by atoms with Crippen LogP contribution in [0, 0.1) is 23.7 Å². The number of rotatable bonds is 75. The minimum atomic E-state index is -4.96. The van der Waals surface area contributed by atoms with Crippen molar-refractivity contribution >= 4 is 39.5 Å². The lowest BCUT2D eigenvalue weighted by Crippen LogP contribution is -2.30. The summed E-state index contributed by atoms with van der Waals surface area (Å²) in [7, 11) is -9.91. The standard InChI is InChI=1S/C78H152O17P2/c1-9-71(8)57-49-41-33-24-20-16-14-12-10-11-13-15-17-21-25-35-44-52-60-77(82)95-74(65-89-76(81)59-51-43-37-29-32-40-48-56-70(6)7)67-93-97(86,87)91-63-72(79)62-90-96(84,85)92-66-73(64-88-75(80)58-50-42-34-28-27-31-39-47-55-69(4)5)94-78(83)61-53-45-36-26-22-18-19-23-30-38-46-54-68(2)3/h68-74,79H,9-67H2,1-8H3,(H,84,85)(H,86,87)/t71?,72?,73-,74-/m1/s1. The molecule has 3 N–H and O–H groups in total. The Morgan fingerprint density at radius 3 is 0.732 bits per heavy atom. The van der Waals surface area contributed by atoms with Crippen molar-refractivity contribution in [3.63, 3.8) is 0 Å². The van der Waals surface area contributed by atoms with E-state index in [4.69, 9.17) is 37.0 Å². The second kappa shape index (κ2) is 67.2. The highest BCUT2D eigenvalue weighted by atomic mass is 31.2. The van der Waals surface area contributed by atoms with Crippen molar-refractivity contribution in [2.45, 2.75) is 414 Å². The Hall–Kier alpha value is -1.94. The molecule has 0 spiro atoms. The molecule has 97 heavy (non-hydrogen) atoms. The molecule has 0 rings (SSSR count). The maximum Gasteiger partial charge on any atom is 0.472 e. The van der Waals surface area contributed by atoms with Crippen molar-refractivity contribution in [1.29, 1.82) is 0 Å². The zero-order chi connectivity index (χ0) is 71.7. The van der Waals surface area contributed by atoms with Crippen molar-refractivity contribution in [2.75, 3.05) is 39.6 Å². The van der Waals surface area contributed by atoms with E-state index in [9.17, 15) is 43.2 Å². The average Bonchev–Trinajstić information content (AvgIpc) is 1.12. The van der Waals surface area contributed by atoms with Crippen LogP contribution in [0.2, 0.25) is 0 Å². The van der Waals surface area contributed by atoms with Gasteiger partial charge in [-0.2, -0.15) is 0 Å². The van der Waals surface area contributed by atoms with Crippen molar-refractivity contribution in [3.05, 3.63) is 0 Å². The Bertz CT molecular complexity index is 1900. The van der Waals surface area contributed by atoms with Crippen LogP contribution in [0.15, 0.2) is 0 Å². The first-order chi connectivity index (χ1) is 46.6. The summed E-state index contributed by atoms with van der Waals surface area (Å²) >= 11 is 0. The van der Waals surface area contributed by atoms with Crippen LogP contribution < -0.4 is 0 Å². The molecule has 0 fully saturated rings. The monoisotopic (exact) mass is 1420 g/mol. The molecular formula is C78H152O17P2. The smallest absolute Gasteiger partial charge is 0.462 e. The fourth-order valence-corrected chi connectivity index (χ4v) is 13.5. The van der Waals surface area contributed by atoms with Gasteiger partial charge in [-0.1, -0.05) is 344 Å². The molecule has 0 aromatic carbocycles. The average molecular weight is 1420 g/mol. The third-order valence-electron chi connectivity index (χ3n) is 18.4. The molecule has 0 aliphatic carbocycles. The van der Waals surface area contributed by atoms with Gasteiger partial charge >= 0.3 is 39.5 Å². The molecule has 17 nitrogen and oxygen atoms in total. The van der Waals surface area contributed by atoms with E-state index in [0.29, 0.717) is 31.6 Å². The minimum absolute atomic E-state index is 0.105. The molecule has 0 amide bonds. The molecule has 0 heterocycles. The van der Waals surface area contributed by atoms with E-state index in [0.717, 1.165) is 114 Å². The number of phosphoric ester groups is 2. The van der Waals surface area contributed by atoms with Crippen molar-refractivity contribution in [1.82, 2.24) is 0 Å². The van der Waals surface area contributed by atoms with Crippen LogP contribution >= 0.6 is 15.6 Å². The molecule has 0 aromatic rings. The number of unbranched alkanes of at least 4 members (excludes halogenated alkanes) is 40. The van der Waals surface area contributed by atoms with E-state index in [1.54, 1.807) is 0 Å². The highest BCUT2D eigenvalue weighted by molar-refractivity contribution is 7.47. The molecule has 0 radical (unpaired) electrons. The number of carbonyl (C=O) groups excluding carboxylic acids is 4. The summed E-state index contributed by atoms with van der Waals surface area (Å²) in [6.07, 6.45) is 52.9. The quantitative estimate of drug-likeness (QED) is 0.0222. The number of esters is 4. The second-order valence-corrected chi connectivity index (χ2v) is 32.7. The van der Waals surface area contributed by atoms with Crippen molar-refractivity contribution in [3.8, 4) is 0 Å². The minimum Gasteiger partial charge on any atom is -0.462 e. The summed E-state index contributed by atoms with van der Waals surface area (Å²) in [5.74, 6) is 0.947. The number of aliphatic hydroxyl groups is 1. The van der Waals surface area contributed by atoms with E-state index in [1.807, 2.05) is 0 Å². The highest BCUT2D eigenvalue weighted by Crippen LogP contribution is 2.45. The fourth-order valence-electron chi connectivity index (χ4n) is 11.9. The first-order valence-electron chi connectivity index (χ1n) is 40.2. The van der Waals surface area contributed by atoms with Crippen LogP contribution in [0.5, 0.6) is 0 Å². The summed E-state index contributed by atoms with van der Waals surface area (Å²) in [5.41, 5.74) is 0. The second-order valence-electron chi connectivity index (χ2n) is 29.8. The summed E-state index contributed by atoms with van der Waals surface area (Å²) in [6, 6.07) is 0. The van der Waals surface area contributed by atoms with Gasteiger partial charge in [0.25, 0.3) is 0 Å². The molecule has 0 saturated heterocycles. The Kier molecular flexibility index (Phi) is 65.9. The van der Waals surface area contributed by atoms with Gasteiger partial charge in [0.1, 0.15) is 19.3 Å². The molecular weight excluding hydrogens is 1270 g/mol. The van der Waals surface area contributed by atoms with Gasteiger partial charge in [-0.25, -0.2) is 9.13 Å². The lowest BCUT2D eigenvalue weighted by atomic mass is 9.99. The number of hydrogen-bond donors (Lipinski definition) is 3. The van der Waals surface area contributed by atoms with Gasteiger partial charge in [0.2, 0.25) is 0 Å². The van der Waals surface area contributed by atoms with E-state index in [1.165, 1.54) is 193 Å². The Morgan fingerprint density at radius 2 is 0.495 bits per heavy atom. The fraction of sp³-hybridized carbons (Fsp3) is 0.949. The normalized spacial score (nSPS) is 14.4. The SMILES string of the molecule is CCC(C)CCCCCCCCCCCCCCCCCCCCC(=O)O[C@H](COC(=O)CCCCCCCCCC(C)C)COP(=O)(O)OCC(O)COP(=O)(O)OC[C@@H](COC(=O)CCCCCCCCCCC(C)C)OC(=O)CCCCCCCCCCCCCC(C)C. The predicted octanol–water partition coefficient (Wildman–Crippen LogP) is 22.8. The molecule has 0 aliphatic heterocycles. The molecule has 0 aliphatic rings.